The van der Waals surface area contributed by atoms with Crippen molar-refractivity contribution in [3.05, 3.63) is 17.5 Å². The Morgan fingerprint density at radius 2 is 1.94 bits per heavy atom. The van der Waals surface area contributed by atoms with Crippen LogP contribution in [-0.4, -0.2) is 22.9 Å². The van der Waals surface area contributed by atoms with Crippen LogP contribution in [0.4, 0.5) is 0 Å². The van der Waals surface area contributed by atoms with Crippen molar-refractivity contribution >= 4 is 0 Å². The lowest BCUT2D eigenvalue weighted by Gasteiger charge is -2.26. The summed E-state index contributed by atoms with van der Waals surface area (Å²) in [5.74, 6) is 0. The van der Waals surface area contributed by atoms with Crippen molar-refractivity contribution in [1.82, 2.24) is 15.1 Å². The van der Waals surface area contributed by atoms with E-state index in [1.807, 2.05) is 0 Å². The summed E-state index contributed by atoms with van der Waals surface area (Å²) in [7, 11) is 0. The van der Waals surface area contributed by atoms with Gasteiger partial charge in [0.15, 0.2) is 0 Å². The van der Waals surface area contributed by atoms with E-state index in [2.05, 4.69) is 50.7 Å². The van der Waals surface area contributed by atoms with E-state index < -0.39 is 0 Å². The molecule has 0 bridgehead atoms. The van der Waals surface area contributed by atoms with Crippen LogP contribution in [0.15, 0.2) is 6.07 Å². The zero-order chi connectivity index (χ0) is 13.6. The quantitative estimate of drug-likeness (QED) is 0.720. The molecule has 0 saturated carbocycles. The highest BCUT2D eigenvalue weighted by Crippen LogP contribution is 2.19. The van der Waals surface area contributed by atoms with Crippen molar-refractivity contribution < 1.29 is 0 Å². The molecule has 3 nitrogen and oxygen atoms in total. The standard InChI is InChI=1S/C15H29N3/c1-6-9-16-11-15(4,5)12-18-14(8-3)10-13(7-2)17-18/h10,16H,6-9,11-12H2,1-5H3. The Morgan fingerprint density at radius 3 is 2.50 bits per heavy atom. The number of nitrogens with one attached hydrogen (secondary N) is 1. The molecule has 1 heterocycles. The highest BCUT2D eigenvalue weighted by Gasteiger charge is 2.20. The molecule has 18 heavy (non-hydrogen) atoms. The lowest BCUT2D eigenvalue weighted by atomic mass is 9.93. The molecule has 0 spiro atoms. The summed E-state index contributed by atoms with van der Waals surface area (Å²) >= 11 is 0. The smallest absolute Gasteiger partial charge is 0.0624 e. The zero-order valence-electron chi connectivity index (χ0n) is 12.7. The summed E-state index contributed by atoms with van der Waals surface area (Å²) in [5.41, 5.74) is 2.82. The van der Waals surface area contributed by atoms with Crippen LogP contribution in [0, 0.1) is 5.41 Å². The fourth-order valence-electron chi connectivity index (χ4n) is 2.17. The third kappa shape index (κ3) is 4.45. The van der Waals surface area contributed by atoms with Gasteiger partial charge in [-0.1, -0.05) is 34.6 Å². The summed E-state index contributed by atoms with van der Waals surface area (Å²) in [5, 5.41) is 8.21. The van der Waals surface area contributed by atoms with Crippen LogP contribution < -0.4 is 5.32 Å². The SMILES string of the molecule is CCCNCC(C)(C)Cn1nc(CC)cc1CC. The molecule has 1 N–H and O–H groups in total. The first-order valence-corrected chi connectivity index (χ1v) is 7.28. The number of hydrogen-bond acceptors (Lipinski definition) is 2. The van der Waals surface area contributed by atoms with Crippen LogP contribution in [0.3, 0.4) is 0 Å². The molecule has 0 radical (unpaired) electrons. The summed E-state index contributed by atoms with van der Waals surface area (Å²) in [6.45, 7) is 14.3. The molecule has 0 fully saturated rings. The van der Waals surface area contributed by atoms with Gasteiger partial charge < -0.3 is 5.32 Å². The Kier molecular flexibility index (Phi) is 5.86. The van der Waals surface area contributed by atoms with Gasteiger partial charge in [-0.25, -0.2) is 0 Å². The fourth-order valence-corrected chi connectivity index (χ4v) is 2.17. The lowest BCUT2D eigenvalue weighted by Crippen LogP contribution is -2.34. The lowest BCUT2D eigenvalue weighted by molar-refractivity contribution is 0.272. The third-order valence-corrected chi connectivity index (χ3v) is 3.25. The van der Waals surface area contributed by atoms with Crippen molar-refractivity contribution in [1.29, 1.82) is 0 Å². The van der Waals surface area contributed by atoms with Crippen LogP contribution in [0.25, 0.3) is 0 Å². The van der Waals surface area contributed by atoms with Crippen LogP contribution in [0.1, 0.15) is 52.4 Å². The van der Waals surface area contributed by atoms with E-state index in [0.717, 1.165) is 32.5 Å². The number of hydrogen-bond donors (Lipinski definition) is 1. The zero-order valence-corrected chi connectivity index (χ0v) is 12.7. The molecule has 104 valence electrons. The second-order valence-electron chi connectivity index (χ2n) is 5.83. The van der Waals surface area contributed by atoms with Gasteiger partial charge in [0, 0.05) is 18.8 Å². The molecule has 0 atom stereocenters. The average Bonchev–Trinajstić information content (AvgIpc) is 2.70. The molecular weight excluding hydrogens is 222 g/mol. The van der Waals surface area contributed by atoms with Gasteiger partial charge in [-0.05, 0) is 37.3 Å². The molecule has 1 rings (SSSR count). The summed E-state index contributed by atoms with van der Waals surface area (Å²) in [6.07, 6.45) is 3.28. The maximum Gasteiger partial charge on any atom is 0.0624 e. The molecule has 3 heteroatoms. The van der Waals surface area contributed by atoms with Crippen LogP contribution >= 0.6 is 0 Å². The maximum atomic E-state index is 4.70. The minimum absolute atomic E-state index is 0.246. The Bertz CT molecular complexity index is 353. The van der Waals surface area contributed by atoms with Gasteiger partial charge in [-0.2, -0.15) is 5.10 Å². The Hall–Kier alpha value is -0.830. The largest absolute Gasteiger partial charge is 0.316 e. The topological polar surface area (TPSA) is 29.9 Å². The van der Waals surface area contributed by atoms with Crippen molar-refractivity contribution in [2.75, 3.05) is 13.1 Å². The summed E-state index contributed by atoms with van der Waals surface area (Å²) in [4.78, 5) is 0. The van der Waals surface area contributed by atoms with Crippen molar-refractivity contribution in [3.63, 3.8) is 0 Å². The minimum atomic E-state index is 0.246. The molecule has 0 aliphatic rings. The number of rotatable bonds is 8. The summed E-state index contributed by atoms with van der Waals surface area (Å²) < 4.78 is 2.20. The number of aryl methyl sites for hydroxylation is 2. The normalized spacial score (nSPS) is 12.1. The van der Waals surface area contributed by atoms with Crippen LogP contribution in [0.2, 0.25) is 0 Å². The minimum Gasteiger partial charge on any atom is -0.316 e. The van der Waals surface area contributed by atoms with Crippen molar-refractivity contribution in [2.24, 2.45) is 5.41 Å². The van der Waals surface area contributed by atoms with E-state index in [9.17, 15) is 0 Å². The van der Waals surface area contributed by atoms with Crippen LogP contribution in [-0.2, 0) is 19.4 Å². The second kappa shape index (κ2) is 6.93. The van der Waals surface area contributed by atoms with Gasteiger partial charge >= 0.3 is 0 Å². The molecular formula is C15H29N3. The molecule has 0 aromatic carbocycles. The van der Waals surface area contributed by atoms with Gasteiger partial charge in [0.05, 0.1) is 5.69 Å². The van der Waals surface area contributed by atoms with E-state index in [1.54, 1.807) is 0 Å². The first-order valence-electron chi connectivity index (χ1n) is 7.28. The van der Waals surface area contributed by atoms with E-state index >= 15 is 0 Å². The number of aromatic nitrogens is 2. The predicted molar refractivity (Wildman–Crippen MR) is 77.9 cm³/mol. The third-order valence-electron chi connectivity index (χ3n) is 3.25. The van der Waals surface area contributed by atoms with Gasteiger partial charge in [0.2, 0.25) is 0 Å². The maximum absolute atomic E-state index is 4.70. The van der Waals surface area contributed by atoms with E-state index in [1.165, 1.54) is 17.8 Å². The first kappa shape index (κ1) is 15.2. The monoisotopic (exact) mass is 251 g/mol. The molecule has 0 saturated heterocycles. The first-order chi connectivity index (χ1) is 8.52. The van der Waals surface area contributed by atoms with Gasteiger partial charge in [0.1, 0.15) is 0 Å². The fraction of sp³-hybridized carbons (Fsp3) is 0.800. The highest BCUT2D eigenvalue weighted by molar-refractivity contribution is 5.10. The summed E-state index contributed by atoms with van der Waals surface area (Å²) in [6, 6.07) is 2.25. The number of nitrogens with zero attached hydrogens (tertiary/aromatic N) is 2. The highest BCUT2D eigenvalue weighted by atomic mass is 15.3. The van der Waals surface area contributed by atoms with Crippen molar-refractivity contribution in [3.8, 4) is 0 Å². The van der Waals surface area contributed by atoms with E-state index in [4.69, 9.17) is 5.10 Å². The molecule has 1 aromatic rings. The Labute approximate surface area is 112 Å². The second-order valence-corrected chi connectivity index (χ2v) is 5.83. The van der Waals surface area contributed by atoms with Crippen molar-refractivity contribution in [2.45, 2.75) is 60.4 Å². The predicted octanol–water partition coefficient (Wildman–Crippen LogP) is 3.03. The average molecular weight is 251 g/mol. The molecule has 0 aliphatic carbocycles. The molecule has 0 aliphatic heterocycles. The van der Waals surface area contributed by atoms with Gasteiger partial charge in [-0.3, -0.25) is 4.68 Å². The van der Waals surface area contributed by atoms with Gasteiger partial charge in [0.25, 0.3) is 0 Å². The van der Waals surface area contributed by atoms with Gasteiger partial charge in [-0.15, -0.1) is 0 Å². The Balaban J connectivity index is 2.66. The molecule has 0 amide bonds. The molecule has 1 aromatic heterocycles. The van der Waals surface area contributed by atoms with E-state index in [0.29, 0.717) is 0 Å². The van der Waals surface area contributed by atoms with Crippen LogP contribution in [0.5, 0.6) is 0 Å². The Morgan fingerprint density at radius 1 is 1.22 bits per heavy atom. The van der Waals surface area contributed by atoms with E-state index in [-0.39, 0.29) is 5.41 Å². The molecule has 0 unspecified atom stereocenters.